The molecule has 0 aromatic carbocycles. The summed E-state index contributed by atoms with van der Waals surface area (Å²) in [5, 5.41) is 21.5. The molecule has 3 aliphatic rings. The summed E-state index contributed by atoms with van der Waals surface area (Å²) < 4.78 is 5.07. The molecule has 0 unspecified atom stereocenters. The lowest BCUT2D eigenvalue weighted by Gasteiger charge is -2.58. The number of hydrogen-bond donors (Lipinski definition) is 2. The summed E-state index contributed by atoms with van der Waals surface area (Å²) in [4.78, 5) is 12.1. The van der Waals surface area contributed by atoms with Crippen molar-refractivity contribution in [3.63, 3.8) is 0 Å². The highest BCUT2D eigenvalue weighted by Crippen LogP contribution is 2.62. The molecule has 2 fully saturated rings. The zero-order valence-electron chi connectivity index (χ0n) is 11.8. The fraction of sp³-hybridized carbons (Fsp3) is 0.800. The molecule has 106 valence electrons. The van der Waals surface area contributed by atoms with E-state index in [4.69, 9.17) is 4.74 Å². The van der Waals surface area contributed by atoms with Crippen LogP contribution in [0.2, 0.25) is 0 Å². The van der Waals surface area contributed by atoms with Crippen molar-refractivity contribution in [1.29, 1.82) is 0 Å². The topological polar surface area (TPSA) is 66.8 Å². The van der Waals surface area contributed by atoms with Crippen LogP contribution in [-0.2, 0) is 9.53 Å². The van der Waals surface area contributed by atoms with Gasteiger partial charge in [0.25, 0.3) is 0 Å². The number of hydrogen-bond acceptors (Lipinski definition) is 4. The number of aliphatic hydroxyl groups is 2. The van der Waals surface area contributed by atoms with Crippen LogP contribution in [0.25, 0.3) is 0 Å². The number of ether oxygens (including phenoxy) is 1. The maximum Gasteiger partial charge on any atom is 0.343 e. The minimum Gasteiger partial charge on any atom is -0.459 e. The Morgan fingerprint density at radius 1 is 1.32 bits per heavy atom. The van der Waals surface area contributed by atoms with E-state index >= 15 is 0 Å². The van der Waals surface area contributed by atoms with Gasteiger partial charge in [0.1, 0.15) is 6.61 Å². The van der Waals surface area contributed by atoms with Gasteiger partial charge in [0.2, 0.25) is 0 Å². The van der Waals surface area contributed by atoms with Gasteiger partial charge in [-0.1, -0.05) is 27.2 Å². The van der Waals surface area contributed by atoms with Gasteiger partial charge in [-0.2, -0.15) is 0 Å². The Morgan fingerprint density at radius 2 is 2.00 bits per heavy atom. The molecule has 0 spiro atoms. The second-order valence-corrected chi connectivity index (χ2v) is 7.21. The van der Waals surface area contributed by atoms with Crippen LogP contribution in [0.1, 0.15) is 40.0 Å². The lowest BCUT2D eigenvalue weighted by atomic mass is 9.46. The molecule has 0 aromatic heterocycles. The van der Waals surface area contributed by atoms with Gasteiger partial charge in [-0.3, -0.25) is 0 Å². The minimum atomic E-state index is -1.55. The van der Waals surface area contributed by atoms with E-state index in [1.165, 1.54) is 0 Å². The molecular weight excluding hydrogens is 244 g/mol. The molecule has 4 atom stereocenters. The Balaban J connectivity index is 2.20. The first-order valence-corrected chi connectivity index (χ1v) is 7.02. The quantitative estimate of drug-likeness (QED) is 0.514. The van der Waals surface area contributed by atoms with E-state index in [0.29, 0.717) is 5.57 Å². The molecule has 1 heterocycles. The van der Waals surface area contributed by atoms with E-state index in [1.807, 2.05) is 6.92 Å². The number of cyclic esters (lactones) is 1. The van der Waals surface area contributed by atoms with Gasteiger partial charge in [-0.15, -0.1) is 0 Å². The second-order valence-electron chi connectivity index (χ2n) is 7.21. The van der Waals surface area contributed by atoms with Crippen molar-refractivity contribution in [2.75, 3.05) is 6.61 Å². The fourth-order valence-corrected chi connectivity index (χ4v) is 4.88. The third-order valence-corrected chi connectivity index (χ3v) is 5.70. The van der Waals surface area contributed by atoms with Crippen molar-refractivity contribution in [1.82, 2.24) is 0 Å². The first-order chi connectivity index (χ1) is 8.73. The monoisotopic (exact) mass is 266 g/mol. The third kappa shape index (κ3) is 1.39. The van der Waals surface area contributed by atoms with Crippen LogP contribution in [0.5, 0.6) is 0 Å². The molecule has 1 saturated carbocycles. The highest BCUT2D eigenvalue weighted by molar-refractivity contribution is 5.88. The molecular formula is C15H22O4. The van der Waals surface area contributed by atoms with Crippen LogP contribution >= 0.6 is 0 Å². The highest BCUT2D eigenvalue weighted by atomic mass is 16.6. The molecule has 0 bridgehead atoms. The van der Waals surface area contributed by atoms with Crippen LogP contribution in [0.15, 0.2) is 11.6 Å². The maximum atomic E-state index is 12.1. The molecule has 0 aromatic rings. The summed E-state index contributed by atoms with van der Waals surface area (Å²) >= 11 is 0. The maximum absolute atomic E-state index is 12.1. The molecule has 1 saturated heterocycles. The molecule has 4 heteroatoms. The Bertz CT molecular complexity index is 467. The highest BCUT2D eigenvalue weighted by Gasteiger charge is 2.68. The molecule has 0 amide bonds. The molecule has 3 rings (SSSR count). The lowest BCUT2D eigenvalue weighted by molar-refractivity contribution is -0.189. The van der Waals surface area contributed by atoms with Gasteiger partial charge in [-0.25, -0.2) is 4.79 Å². The van der Waals surface area contributed by atoms with Crippen molar-refractivity contribution >= 4 is 5.97 Å². The van der Waals surface area contributed by atoms with Crippen LogP contribution < -0.4 is 0 Å². The van der Waals surface area contributed by atoms with E-state index in [0.717, 1.165) is 19.3 Å². The molecule has 0 radical (unpaired) electrons. The predicted molar refractivity (Wildman–Crippen MR) is 69.2 cm³/mol. The molecule has 2 N–H and O–H groups in total. The average Bonchev–Trinajstić information content (AvgIpc) is 2.57. The molecule has 2 aliphatic carbocycles. The second kappa shape index (κ2) is 3.61. The van der Waals surface area contributed by atoms with Crippen LogP contribution in [0.4, 0.5) is 0 Å². The SMILES string of the molecule is CC1(C)CCC[C@@]2(C)[C@H]1[C@H](O)C=C1COC(=O)[C@]12O. The van der Waals surface area contributed by atoms with E-state index < -0.39 is 23.1 Å². The minimum absolute atomic E-state index is 0.104. The number of carbonyl (C=O) groups excluding carboxylic acids is 1. The van der Waals surface area contributed by atoms with Gasteiger partial charge in [-0.05, 0) is 24.3 Å². The standard InChI is InChI=1S/C15H22O4/c1-13(2)5-4-6-14(3)11(13)10(16)7-9-8-19-12(17)15(9,14)18/h7,10-11,16,18H,4-6,8H2,1-3H3/t10-,11+,14+,15-/m1/s1. The van der Waals surface area contributed by atoms with Gasteiger partial charge in [0.15, 0.2) is 5.60 Å². The summed E-state index contributed by atoms with van der Waals surface area (Å²) in [6, 6.07) is 0. The zero-order chi connectivity index (χ0) is 14.1. The Morgan fingerprint density at radius 3 is 2.68 bits per heavy atom. The number of fused-ring (bicyclic) bond motifs is 3. The van der Waals surface area contributed by atoms with Crippen molar-refractivity contribution in [2.45, 2.75) is 51.7 Å². The predicted octanol–water partition coefficient (Wildman–Crippen LogP) is 1.41. The van der Waals surface area contributed by atoms with Crippen molar-refractivity contribution < 1.29 is 19.7 Å². The zero-order valence-corrected chi connectivity index (χ0v) is 11.8. The Labute approximate surface area is 113 Å². The largest absolute Gasteiger partial charge is 0.459 e. The average molecular weight is 266 g/mol. The normalized spacial score (nSPS) is 48.1. The van der Waals surface area contributed by atoms with E-state index in [1.54, 1.807) is 6.08 Å². The number of rotatable bonds is 0. The van der Waals surface area contributed by atoms with Crippen molar-refractivity contribution in [3.8, 4) is 0 Å². The Hall–Kier alpha value is -0.870. The van der Waals surface area contributed by atoms with Gasteiger partial charge < -0.3 is 14.9 Å². The summed E-state index contributed by atoms with van der Waals surface area (Å²) in [6.07, 6.45) is 3.71. The van der Waals surface area contributed by atoms with E-state index in [-0.39, 0.29) is 17.9 Å². The van der Waals surface area contributed by atoms with E-state index in [9.17, 15) is 15.0 Å². The summed E-state index contributed by atoms with van der Waals surface area (Å²) in [5.74, 6) is -0.677. The van der Waals surface area contributed by atoms with Crippen LogP contribution in [0, 0.1) is 16.7 Å². The first-order valence-electron chi connectivity index (χ1n) is 7.02. The Kier molecular flexibility index (Phi) is 2.50. The number of aliphatic hydroxyl groups excluding tert-OH is 1. The van der Waals surface area contributed by atoms with Crippen molar-refractivity contribution in [2.24, 2.45) is 16.7 Å². The van der Waals surface area contributed by atoms with Crippen molar-refractivity contribution in [3.05, 3.63) is 11.6 Å². The summed E-state index contributed by atoms with van der Waals surface area (Å²) in [6.45, 7) is 6.26. The summed E-state index contributed by atoms with van der Waals surface area (Å²) in [7, 11) is 0. The van der Waals surface area contributed by atoms with Crippen LogP contribution in [0.3, 0.4) is 0 Å². The third-order valence-electron chi connectivity index (χ3n) is 5.70. The fourth-order valence-electron chi connectivity index (χ4n) is 4.88. The first kappa shape index (κ1) is 13.1. The number of carbonyl (C=O) groups is 1. The molecule has 1 aliphatic heterocycles. The van der Waals surface area contributed by atoms with Gasteiger partial charge in [0.05, 0.1) is 6.10 Å². The summed E-state index contributed by atoms with van der Waals surface area (Å²) in [5.41, 5.74) is -1.76. The van der Waals surface area contributed by atoms with Crippen LogP contribution in [-0.4, -0.2) is 34.5 Å². The number of esters is 1. The lowest BCUT2D eigenvalue weighted by Crippen LogP contribution is -2.64. The molecule has 19 heavy (non-hydrogen) atoms. The van der Waals surface area contributed by atoms with Gasteiger partial charge >= 0.3 is 5.97 Å². The van der Waals surface area contributed by atoms with Gasteiger partial charge in [0, 0.05) is 16.9 Å². The van der Waals surface area contributed by atoms with E-state index in [2.05, 4.69) is 13.8 Å². The molecule has 4 nitrogen and oxygen atoms in total. The smallest absolute Gasteiger partial charge is 0.343 e.